The molecule has 0 radical (unpaired) electrons. The van der Waals surface area contributed by atoms with Crippen molar-refractivity contribution in [1.29, 1.82) is 0 Å². The maximum absolute atomic E-state index is 11.5. The van der Waals surface area contributed by atoms with E-state index in [1.54, 1.807) is 11.1 Å². The first-order valence-electron chi connectivity index (χ1n) is 4.63. The zero-order valence-electron chi connectivity index (χ0n) is 8.35. The summed E-state index contributed by atoms with van der Waals surface area (Å²) >= 11 is 3.38. The SMILES string of the molecule is CN1CCN(c2ncncc2Br)CC1=O. The summed E-state index contributed by atoms with van der Waals surface area (Å²) in [5.41, 5.74) is 0. The van der Waals surface area contributed by atoms with E-state index in [9.17, 15) is 4.79 Å². The van der Waals surface area contributed by atoms with Crippen LogP contribution in [-0.2, 0) is 4.79 Å². The summed E-state index contributed by atoms with van der Waals surface area (Å²) in [7, 11) is 1.81. The molecule has 15 heavy (non-hydrogen) atoms. The fourth-order valence-electron chi connectivity index (χ4n) is 1.48. The van der Waals surface area contributed by atoms with Crippen LogP contribution in [0.3, 0.4) is 0 Å². The molecule has 1 aliphatic rings. The highest BCUT2D eigenvalue weighted by Gasteiger charge is 2.23. The van der Waals surface area contributed by atoms with Crippen molar-refractivity contribution in [2.75, 3.05) is 31.6 Å². The van der Waals surface area contributed by atoms with Crippen LogP contribution in [0.1, 0.15) is 0 Å². The third kappa shape index (κ3) is 2.09. The lowest BCUT2D eigenvalue weighted by atomic mass is 10.3. The predicted molar refractivity (Wildman–Crippen MR) is 59.6 cm³/mol. The molecule has 0 aromatic carbocycles. The maximum Gasteiger partial charge on any atom is 0.241 e. The van der Waals surface area contributed by atoms with Crippen LogP contribution < -0.4 is 4.90 Å². The number of rotatable bonds is 1. The van der Waals surface area contributed by atoms with Crippen LogP contribution in [0.2, 0.25) is 0 Å². The Morgan fingerprint density at radius 2 is 2.27 bits per heavy atom. The van der Waals surface area contributed by atoms with E-state index in [1.165, 1.54) is 6.33 Å². The van der Waals surface area contributed by atoms with E-state index in [1.807, 2.05) is 11.9 Å². The molecule has 0 aliphatic carbocycles. The summed E-state index contributed by atoms with van der Waals surface area (Å²) < 4.78 is 0.822. The number of hydrogen-bond acceptors (Lipinski definition) is 4. The third-order valence-corrected chi connectivity index (χ3v) is 2.96. The topological polar surface area (TPSA) is 49.3 Å². The second-order valence-electron chi connectivity index (χ2n) is 3.43. The Labute approximate surface area is 96.2 Å². The number of carbonyl (C=O) groups excluding carboxylic acids is 1. The summed E-state index contributed by atoms with van der Waals surface area (Å²) in [6.45, 7) is 1.92. The summed E-state index contributed by atoms with van der Waals surface area (Å²) in [6, 6.07) is 0. The highest BCUT2D eigenvalue weighted by atomic mass is 79.9. The van der Waals surface area contributed by atoms with Crippen molar-refractivity contribution < 1.29 is 4.79 Å². The highest BCUT2D eigenvalue weighted by Crippen LogP contribution is 2.22. The van der Waals surface area contributed by atoms with Crippen molar-refractivity contribution in [1.82, 2.24) is 14.9 Å². The molecule has 0 saturated carbocycles. The van der Waals surface area contributed by atoms with E-state index >= 15 is 0 Å². The predicted octanol–water partition coefficient (Wildman–Crippen LogP) is 0.517. The Balaban J connectivity index is 2.19. The molecule has 2 rings (SSSR count). The van der Waals surface area contributed by atoms with Gasteiger partial charge in [-0.2, -0.15) is 0 Å². The van der Waals surface area contributed by atoms with Crippen LogP contribution in [0.5, 0.6) is 0 Å². The standard InChI is InChI=1S/C9H11BrN4O/c1-13-2-3-14(5-8(13)15)9-7(10)4-11-6-12-9/h4,6H,2-3,5H2,1H3. The zero-order valence-corrected chi connectivity index (χ0v) is 9.94. The van der Waals surface area contributed by atoms with Gasteiger partial charge in [0.1, 0.15) is 12.1 Å². The van der Waals surface area contributed by atoms with Crippen LogP contribution in [0.25, 0.3) is 0 Å². The van der Waals surface area contributed by atoms with Crippen LogP contribution >= 0.6 is 15.9 Å². The molecular formula is C9H11BrN4O. The van der Waals surface area contributed by atoms with Crippen molar-refractivity contribution in [2.24, 2.45) is 0 Å². The van der Waals surface area contributed by atoms with E-state index in [4.69, 9.17) is 0 Å². The van der Waals surface area contributed by atoms with Crippen LogP contribution in [-0.4, -0.2) is 47.5 Å². The number of amides is 1. The molecule has 1 aromatic rings. The van der Waals surface area contributed by atoms with Crippen molar-refractivity contribution in [3.63, 3.8) is 0 Å². The normalized spacial score (nSPS) is 17.1. The summed E-state index contributed by atoms with van der Waals surface area (Å²) in [5.74, 6) is 0.901. The molecule has 6 heteroatoms. The van der Waals surface area contributed by atoms with Crippen molar-refractivity contribution in [3.05, 3.63) is 17.0 Å². The van der Waals surface area contributed by atoms with Gasteiger partial charge in [-0.25, -0.2) is 9.97 Å². The van der Waals surface area contributed by atoms with Gasteiger partial charge in [0.25, 0.3) is 0 Å². The maximum atomic E-state index is 11.5. The van der Waals surface area contributed by atoms with E-state index in [0.717, 1.165) is 23.4 Å². The first-order chi connectivity index (χ1) is 7.18. The minimum absolute atomic E-state index is 0.117. The molecule has 0 unspecified atom stereocenters. The largest absolute Gasteiger partial charge is 0.344 e. The number of halogens is 1. The summed E-state index contributed by atoms with van der Waals surface area (Å²) in [4.78, 5) is 23.2. The van der Waals surface area contributed by atoms with Gasteiger partial charge in [-0.3, -0.25) is 4.79 Å². The lowest BCUT2D eigenvalue weighted by Crippen LogP contribution is -2.49. The van der Waals surface area contributed by atoms with E-state index in [-0.39, 0.29) is 5.91 Å². The molecule has 0 N–H and O–H groups in total. The van der Waals surface area contributed by atoms with E-state index in [0.29, 0.717) is 6.54 Å². The molecule has 0 atom stereocenters. The summed E-state index contributed by atoms with van der Waals surface area (Å²) in [6.07, 6.45) is 3.17. The molecule has 2 heterocycles. The van der Waals surface area contributed by atoms with Crippen molar-refractivity contribution in [2.45, 2.75) is 0 Å². The lowest BCUT2D eigenvalue weighted by Gasteiger charge is -2.32. The number of carbonyl (C=O) groups is 1. The second-order valence-corrected chi connectivity index (χ2v) is 4.29. The smallest absolute Gasteiger partial charge is 0.241 e. The fraction of sp³-hybridized carbons (Fsp3) is 0.444. The zero-order chi connectivity index (χ0) is 10.8. The first-order valence-corrected chi connectivity index (χ1v) is 5.42. The van der Waals surface area contributed by atoms with Gasteiger partial charge in [-0.1, -0.05) is 0 Å². The monoisotopic (exact) mass is 270 g/mol. The Kier molecular flexibility index (Phi) is 2.86. The molecule has 1 aliphatic heterocycles. The molecule has 1 amide bonds. The molecular weight excluding hydrogens is 260 g/mol. The van der Waals surface area contributed by atoms with Crippen molar-refractivity contribution in [3.8, 4) is 0 Å². The first kappa shape index (κ1) is 10.4. The Bertz CT molecular complexity index is 384. The highest BCUT2D eigenvalue weighted by molar-refractivity contribution is 9.10. The van der Waals surface area contributed by atoms with Gasteiger partial charge in [0.2, 0.25) is 5.91 Å². The minimum atomic E-state index is 0.117. The molecule has 1 aromatic heterocycles. The van der Waals surface area contributed by atoms with Gasteiger partial charge >= 0.3 is 0 Å². The Morgan fingerprint density at radius 1 is 1.47 bits per heavy atom. The second kappa shape index (κ2) is 4.14. The minimum Gasteiger partial charge on any atom is -0.344 e. The van der Waals surface area contributed by atoms with Crippen LogP contribution in [0.15, 0.2) is 17.0 Å². The number of likely N-dealkylation sites (N-methyl/N-ethyl adjacent to an activating group) is 1. The fourth-order valence-corrected chi connectivity index (χ4v) is 1.95. The average molecular weight is 271 g/mol. The molecule has 0 spiro atoms. The molecule has 1 saturated heterocycles. The molecule has 80 valence electrons. The van der Waals surface area contributed by atoms with E-state index in [2.05, 4.69) is 25.9 Å². The Hall–Kier alpha value is -1.17. The van der Waals surface area contributed by atoms with Crippen LogP contribution in [0.4, 0.5) is 5.82 Å². The van der Waals surface area contributed by atoms with E-state index < -0.39 is 0 Å². The van der Waals surface area contributed by atoms with Gasteiger partial charge in [-0.15, -0.1) is 0 Å². The third-order valence-electron chi connectivity index (χ3n) is 2.40. The Morgan fingerprint density at radius 3 is 2.93 bits per heavy atom. The number of nitrogens with zero attached hydrogens (tertiary/aromatic N) is 4. The van der Waals surface area contributed by atoms with Gasteiger partial charge in [-0.05, 0) is 15.9 Å². The molecule has 1 fully saturated rings. The lowest BCUT2D eigenvalue weighted by molar-refractivity contribution is -0.129. The van der Waals surface area contributed by atoms with Crippen molar-refractivity contribution >= 4 is 27.7 Å². The molecule has 0 bridgehead atoms. The molecule has 5 nitrogen and oxygen atoms in total. The number of aromatic nitrogens is 2. The number of anilines is 1. The quantitative estimate of drug-likeness (QED) is 0.747. The number of piperazine rings is 1. The summed E-state index contributed by atoms with van der Waals surface area (Å²) in [5, 5.41) is 0. The van der Waals surface area contributed by atoms with Gasteiger partial charge in [0.05, 0.1) is 11.0 Å². The number of hydrogen-bond donors (Lipinski definition) is 0. The van der Waals surface area contributed by atoms with Gasteiger partial charge in [0, 0.05) is 26.3 Å². The van der Waals surface area contributed by atoms with Gasteiger partial charge in [0.15, 0.2) is 0 Å². The van der Waals surface area contributed by atoms with Crippen LogP contribution in [0, 0.1) is 0 Å². The average Bonchev–Trinajstić information content (AvgIpc) is 2.23. The van der Waals surface area contributed by atoms with Gasteiger partial charge < -0.3 is 9.80 Å².